The van der Waals surface area contributed by atoms with E-state index in [-0.39, 0.29) is 22.6 Å². The lowest BCUT2D eigenvalue weighted by molar-refractivity contribution is -0.116. The van der Waals surface area contributed by atoms with Crippen molar-refractivity contribution in [1.29, 1.82) is 0 Å². The Morgan fingerprint density at radius 1 is 1.38 bits per heavy atom. The van der Waals surface area contributed by atoms with Gasteiger partial charge in [-0.05, 0) is 37.2 Å². The minimum Gasteiger partial charge on any atom is -0.462 e. The summed E-state index contributed by atoms with van der Waals surface area (Å²) in [4.78, 5) is 22.9. The number of thioether (sulfide) groups is 1. The van der Waals surface area contributed by atoms with E-state index in [1.807, 2.05) is 0 Å². The van der Waals surface area contributed by atoms with Crippen LogP contribution >= 0.6 is 23.4 Å². The number of ether oxygens (including phenoxy) is 1. The van der Waals surface area contributed by atoms with Gasteiger partial charge in [0.1, 0.15) is 5.38 Å². The van der Waals surface area contributed by atoms with E-state index in [0.29, 0.717) is 0 Å². The van der Waals surface area contributed by atoms with Gasteiger partial charge in [0.2, 0.25) is 0 Å². The molecule has 0 bridgehead atoms. The quantitative estimate of drug-likeness (QED) is 0.454. The van der Waals surface area contributed by atoms with Gasteiger partial charge in [-0.3, -0.25) is 4.79 Å². The lowest BCUT2D eigenvalue weighted by Crippen LogP contribution is -2.14. The van der Waals surface area contributed by atoms with Crippen molar-refractivity contribution in [2.24, 2.45) is 0 Å². The molecule has 0 N–H and O–H groups in total. The highest BCUT2D eigenvalue weighted by molar-refractivity contribution is 8.00. The Hall–Kier alpha value is -1.21. The molecule has 0 aliphatic heterocycles. The molecular weight excluding hydrogens is 329 g/mol. The number of Topliss-reactive ketones (excluding diaryl/α,β-unsaturated/α-hetero) is 1. The molecule has 1 atom stereocenters. The summed E-state index contributed by atoms with van der Waals surface area (Å²) in [6.45, 7) is 2.72. The van der Waals surface area contributed by atoms with Crippen molar-refractivity contribution < 1.29 is 27.5 Å². The molecule has 0 saturated heterocycles. The first-order valence-corrected chi connectivity index (χ1v) is 7.13. The SMILES string of the molecule is CCOC(=O)c1c(SC(F)(F)F)cccc1C(Cl)C(C)=O. The number of carbonyl (C=O) groups excluding carboxylic acids is 2. The van der Waals surface area contributed by atoms with Crippen LogP contribution in [0, 0.1) is 0 Å². The van der Waals surface area contributed by atoms with E-state index in [4.69, 9.17) is 16.3 Å². The lowest BCUT2D eigenvalue weighted by Gasteiger charge is -2.16. The summed E-state index contributed by atoms with van der Waals surface area (Å²) in [5.74, 6) is -1.41. The molecule has 1 rings (SSSR count). The predicted octanol–water partition coefficient (Wildman–Crippen LogP) is 4.34. The van der Waals surface area contributed by atoms with Crippen LogP contribution in [0.3, 0.4) is 0 Å². The highest BCUT2D eigenvalue weighted by atomic mass is 35.5. The number of carbonyl (C=O) groups is 2. The monoisotopic (exact) mass is 340 g/mol. The van der Waals surface area contributed by atoms with Crippen molar-refractivity contribution in [2.45, 2.75) is 29.6 Å². The summed E-state index contributed by atoms with van der Waals surface area (Å²) in [5.41, 5.74) is -4.88. The van der Waals surface area contributed by atoms with Gasteiger partial charge in [0, 0.05) is 4.90 Å². The molecule has 0 amide bonds. The van der Waals surface area contributed by atoms with Gasteiger partial charge < -0.3 is 4.74 Å². The zero-order chi connectivity index (χ0) is 16.2. The Morgan fingerprint density at radius 2 is 2.00 bits per heavy atom. The Balaban J connectivity index is 3.40. The molecule has 0 aliphatic rings. The molecule has 1 aromatic rings. The zero-order valence-corrected chi connectivity index (χ0v) is 12.7. The van der Waals surface area contributed by atoms with Crippen LogP contribution in [0.2, 0.25) is 0 Å². The molecule has 0 fully saturated rings. The van der Waals surface area contributed by atoms with Crippen molar-refractivity contribution in [1.82, 2.24) is 0 Å². The highest BCUT2D eigenvalue weighted by Crippen LogP contribution is 2.41. The van der Waals surface area contributed by atoms with Gasteiger partial charge in [-0.2, -0.15) is 13.2 Å². The summed E-state index contributed by atoms with van der Waals surface area (Å²) in [7, 11) is 0. The molecule has 0 aliphatic carbocycles. The first-order chi connectivity index (χ1) is 9.67. The van der Waals surface area contributed by atoms with Crippen molar-refractivity contribution in [3.05, 3.63) is 29.3 Å². The standard InChI is InChI=1S/C13H12ClF3O3S/c1-3-20-12(19)10-8(11(14)7(2)18)5-4-6-9(10)21-13(15,16)17/h4-6,11H,3H2,1-2H3. The first-order valence-electron chi connectivity index (χ1n) is 5.87. The third-order valence-electron chi connectivity index (χ3n) is 2.39. The van der Waals surface area contributed by atoms with E-state index in [1.165, 1.54) is 26.0 Å². The van der Waals surface area contributed by atoms with Crippen LogP contribution in [-0.2, 0) is 9.53 Å². The number of benzene rings is 1. The van der Waals surface area contributed by atoms with Crippen molar-refractivity contribution >= 4 is 35.1 Å². The molecule has 21 heavy (non-hydrogen) atoms. The molecule has 0 heterocycles. The minimum atomic E-state index is -4.57. The maximum atomic E-state index is 12.6. The van der Waals surface area contributed by atoms with Crippen LogP contribution in [0.5, 0.6) is 0 Å². The fraction of sp³-hybridized carbons (Fsp3) is 0.385. The van der Waals surface area contributed by atoms with E-state index < -0.39 is 34.4 Å². The summed E-state index contributed by atoms with van der Waals surface area (Å²) in [6.07, 6.45) is 0. The second kappa shape index (κ2) is 7.17. The van der Waals surface area contributed by atoms with Crippen LogP contribution in [0.1, 0.15) is 35.1 Å². The molecule has 0 aromatic heterocycles. The molecule has 3 nitrogen and oxygen atoms in total. The fourth-order valence-electron chi connectivity index (χ4n) is 1.61. The second-order valence-electron chi connectivity index (χ2n) is 3.96. The Bertz CT molecular complexity index is 546. The lowest BCUT2D eigenvalue weighted by atomic mass is 10.0. The van der Waals surface area contributed by atoms with Gasteiger partial charge >= 0.3 is 11.5 Å². The molecule has 1 unspecified atom stereocenters. The van der Waals surface area contributed by atoms with E-state index in [1.54, 1.807) is 0 Å². The van der Waals surface area contributed by atoms with Gasteiger partial charge in [-0.25, -0.2) is 4.79 Å². The summed E-state index contributed by atoms with van der Waals surface area (Å²) >= 11 is 5.44. The average molecular weight is 341 g/mol. The Morgan fingerprint density at radius 3 is 2.48 bits per heavy atom. The van der Waals surface area contributed by atoms with Gasteiger partial charge in [-0.15, -0.1) is 11.6 Å². The van der Waals surface area contributed by atoms with Gasteiger partial charge in [0.25, 0.3) is 0 Å². The molecular formula is C13H12ClF3O3S. The maximum absolute atomic E-state index is 12.6. The zero-order valence-electron chi connectivity index (χ0n) is 11.2. The molecule has 8 heteroatoms. The third kappa shape index (κ3) is 4.93. The fourth-order valence-corrected chi connectivity index (χ4v) is 2.49. The Kier molecular flexibility index (Phi) is 6.10. The number of halogens is 4. The number of rotatable bonds is 5. The van der Waals surface area contributed by atoms with Crippen molar-refractivity contribution in [3.8, 4) is 0 Å². The van der Waals surface area contributed by atoms with E-state index in [9.17, 15) is 22.8 Å². The number of ketones is 1. The number of esters is 1. The number of hydrogen-bond donors (Lipinski definition) is 0. The van der Waals surface area contributed by atoms with Crippen molar-refractivity contribution in [3.63, 3.8) is 0 Å². The molecule has 0 spiro atoms. The topological polar surface area (TPSA) is 43.4 Å². The summed E-state index contributed by atoms with van der Waals surface area (Å²) in [6, 6.07) is 3.79. The van der Waals surface area contributed by atoms with Gasteiger partial charge in [-0.1, -0.05) is 12.1 Å². The van der Waals surface area contributed by atoms with Gasteiger partial charge in [0.05, 0.1) is 12.2 Å². The van der Waals surface area contributed by atoms with Crippen LogP contribution in [0.4, 0.5) is 13.2 Å². The Labute approximate surface area is 128 Å². The molecule has 116 valence electrons. The van der Waals surface area contributed by atoms with Crippen LogP contribution in [0.25, 0.3) is 0 Å². The van der Waals surface area contributed by atoms with Crippen LogP contribution in [0.15, 0.2) is 23.1 Å². The predicted molar refractivity (Wildman–Crippen MR) is 73.6 cm³/mol. The second-order valence-corrected chi connectivity index (χ2v) is 5.51. The van der Waals surface area contributed by atoms with E-state index in [2.05, 4.69) is 0 Å². The first kappa shape index (κ1) is 17.8. The molecule has 1 aromatic carbocycles. The maximum Gasteiger partial charge on any atom is 0.446 e. The van der Waals surface area contributed by atoms with Crippen LogP contribution in [-0.4, -0.2) is 23.9 Å². The average Bonchev–Trinajstić information content (AvgIpc) is 2.35. The number of alkyl halides is 4. The smallest absolute Gasteiger partial charge is 0.446 e. The van der Waals surface area contributed by atoms with Crippen LogP contribution < -0.4 is 0 Å². The van der Waals surface area contributed by atoms with E-state index >= 15 is 0 Å². The number of hydrogen-bond acceptors (Lipinski definition) is 4. The largest absolute Gasteiger partial charge is 0.462 e. The molecule has 0 saturated carbocycles. The third-order valence-corrected chi connectivity index (χ3v) is 3.73. The summed E-state index contributed by atoms with van der Waals surface area (Å²) < 4.78 is 42.5. The summed E-state index contributed by atoms with van der Waals surface area (Å²) in [5, 5.41) is -1.21. The molecule has 0 radical (unpaired) electrons. The van der Waals surface area contributed by atoms with E-state index in [0.717, 1.165) is 6.07 Å². The normalized spacial score (nSPS) is 12.9. The van der Waals surface area contributed by atoms with Gasteiger partial charge in [0.15, 0.2) is 5.78 Å². The highest BCUT2D eigenvalue weighted by Gasteiger charge is 2.33. The minimum absolute atomic E-state index is 0.00365. The van der Waals surface area contributed by atoms with Crippen molar-refractivity contribution in [2.75, 3.05) is 6.61 Å².